The summed E-state index contributed by atoms with van der Waals surface area (Å²) < 4.78 is 1.97. The summed E-state index contributed by atoms with van der Waals surface area (Å²) in [7, 11) is 0. The normalized spacial score (nSPS) is 15.0. The molecule has 0 atom stereocenters. The number of carbonyl (C=O) groups excluding carboxylic acids is 1. The van der Waals surface area contributed by atoms with Crippen LogP contribution in [0.3, 0.4) is 0 Å². The molecule has 0 aliphatic carbocycles. The summed E-state index contributed by atoms with van der Waals surface area (Å²) >= 11 is 0. The Balaban J connectivity index is 1.31. The van der Waals surface area contributed by atoms with Gasteiger partial charge < -0.3 is 4.90 Å². The molecule has 0 saturated carbocycles. The summed E-state index contributed by atoms with van der Waals surface area (Å²) in [6.07, 6.45) is 13.6. The smallest absolute Gasteiger partial charge is 0.256 e. The summed E-state index contributed by atoms with van der Waals surface area (Å²) in [5.41, 5.74) is 1.43. The second-order valence-corrected chi connectivity index (χ2v) is 6.82. The maximum Gasteiger partial charge on any atom is 0.256 e. The first-order valence-electron chi connectivity index (χ1n) is 9.29. The van der Waals surface area contributed by atoms with Crippen LogP contribution in [0.25, 0.3) is 11.4 Å². The van der Waals surface area contributed by atoms with Gasteiger partial charge >= 0.3 is 0 Å². The maximum atomic E-state index is 12.7. The van der Waals surface area contributed by atoms with Crippen LogP contribution in [0, 0.1) is 5.92 Å². The van der Waals surface area contributed by atoms with Crippen LogP contribution >= 0.6 is 0 Å². The van der Waals surface area contributed by atoms with Crippen molar-refractivity contribution >= 4 is 5.91 Å². The maximum absolute atomic E-state index is 12.7. The highest BCUT2D eigenvalue weighted by Crippen LogP contribution is 2.22. The van der Waals surface area contributed by atoms with E-state index in [0.29, 0.717) is 17.3 Å². The Kier molecular flexibility index (Phi) is 5.18. The number of nitrogens with zero attached hydrogens (tertiary/aromatic N) is 6. The van der Waals surface area contributed by atoms with Crippen LogP contribution < -0.4 is 0 Å². The Bertz CT molecular complexity index is 855. The standard InChI is InChI=1S/C20H22N6O/c27-20(18-14-22-19(23-15-18)17-2-8-21-9-3-17)25-11-4-16(5-12-25)6-13-26-10-1-7-24-26/h1-3,7-10,14-16H,4-6,11-13H2. The fourth-order valence-corrected chi connectivity index (χ4v) is 3.44. The zero-order valence-electron chi connectivity index (χ0n) is 15.1. The van der Waals surface area contributed by atoms with Gasteiger partial charge in [0.2, 0.25) is 0 Å². The number of carbonyl (C=O) groups is 1. The molecule has 1 fully saturated rings. The van der Waals surface area contributed by atoms with Gasteiger partial charge in [0, 0.05) is 62.4 Å². The molecule has 0 spiro atoms. The number of amides is 1. The van der Waals surface area contributed by atoms with E-state index in [1.54, 1.807) is 24.8 Å². The molecule has 7 heteroatoms. The van der Waals surface area contributed by atoms with Crippen molar-refractivity contribution in [2.24, 2.45) is 5.92 Å². The van der Waals surface area contributed by atoms with Gasteiger partial charge in [-0.1, -0.05) is 0 Å². The number of aromatic nitrogens is 5. The van der Waals surface area contributed by atoms with Crippen LogP contribution in [-0.2, 0) is 6.54 Å². The zero-order valence-corrected chi connectivity index (χ0v) is 15.1. The molecule has 138 valence electrons. The van der Waals surface area contributed by atoms with E-state index in [-0.39, 0.29) is 5.91 Å². The third kappa shape index (κ3) is 4.19. The van der Waals surface area contributed by atoms with Crippen molar-refractivity contribution in [3.05, 3.63) is 60.9 Å². The lowest BCUT2D eigenvalue weighted by atomic mass is 9.93. The van der Waals surface area contributed by atoms with Crippen LogP contribution in [0.5, 0.6) is 0 Å². The van der Waals surface area contributed by atoms with E-state index in [2.05, 4.69) is 20.1 Å². The fraction of sp³-hybridized carbons (Fsp3) is 0.350. The Morgan fingerprint density at radius 2 is 1.81 bits per heavy atom. The van der Waals surface area contributed by atoms with Crippen molar-refractivity contribution in [1.82, 2.24) is 29.6 Å². The number of likely N-dealkylation sites (tertiary alicyclic amines) is 1. The molecule has 4 heterocycles. The molecule has 3 aromatic heterocycles. The Labute approximate surface area is 158 Å². The van der Waals surface area contributed by atoms with Crippen molar-refractivity contribution in [2.75, 3.05) is 13.1 Å². The molecule has 1 aliphatic heterocycles. The molecule has 1 aliphatic rings. The lowest BCUT2D eigenvalue weighted by molar-refractivity contribution is 0.0683. The Hall–Kier alpha value is -3.09. The molecule has 0 aromatic carbocycles. The third-order valence-corrected chi connectivity index (χ3v) is 5.06. The molecule has 1 saturated heterocycles. The topological polar surface area (TPSA) is 76.8 Å². The number of hydrogen-bond acceptors (Lipinski definition) is 5. The molecule has 4 rings (SSSR count). The second-order valence-electron chi connectivity index (χ2n) is 6.82. The van der Waals surface area contributed by atoms with Crippen LogP contribution in [0.2, 0.25) is 0 Å². The molecule has 7 nitrogen and oxygen atoms in total. The molecule has 27 heavy (non-hydrogen) atoms. The van der Waals surface area contributed by atoms with E-state index in [9.17, 15) is 4.79 Å². The van der Waals surface area contributed by atoms with Gasteiger partial charge in [-0.3, -0.25) is 14.5 Å². The van der Waals surface area contributed by atoms with Crippen LogP contribution in [0.1, 0.15) is 29.6 Å². The van der Waals surface area contributed by atoms with Crippen LogP contribution in [-0.4, -0.2) is 48.6 Å². The minimum Gasteiger partial charge on any atom is -0.339 e. The zero-order chi connectivity index (χ0) is 18.5. The fourth-order valence-electron chi connectivity index (χ4n) is 3.44. The number of hydrogen-bond donors (Lipinski definition) is 0. The number of aryl methyl sites for hydroxylation is 1. The first-order chi connectivity index (χ1) is 13.3. The Morgan fingerprint density at radius 1 is 1.07 bits per heavy atom. The van der Waals surface area contributed by atoms with E-state index in [0.717, 1.165) is 44.5 Å². The van der Waals surface area contributed by atoms with Gasteiger partial charge in [-0.15, -0.1) is 0 Å². The predicted molar refractivity (Wildman–Crippen MR) is 101 cm³/mol. The number of rotatable bonds is 5. The molecular formula is C20H22N6O. The highest BCUT2D eigenvalue weighted by atomic mass is 16.2. The molecular weight excluding hydrogens is 340 g/mol. The lowest BCUT2D eigenvalue weighted by Gasteiger charge is -2.32. The van der Waals surface area contributed by atoms with E-state index in [4.69, 9.17) is 0 Å². The molecule has 0 radical (unpaired) electrons. The van der Waals surface area contributed by atoms with Gasteiger partial charge in [0.1, 0.15) is 0 Å². The number of piperidine rings is 1. The quantitative estimate of drug-likeness (QED) is 0.697. The van der Waals surface area contributed by atoms with Crippen LogP contribution in [0.4, 0.5) is 0 Å². The monoisotopic (exact) mass is 362 g/mol. The van der Waals surface area contributed by atoms with E-state index < -0.39 is 0 Å². The summed E-state index contributed by atoms with van der Waals surface area (Å²) in [5.74, 6) is 1.26. The first-order valence-corrected chi connectivity index (χ1v) is 9.29. The largest absolute Gasteiger partial charge is 0.339 e. The second kappa shape index (κ2) is 8.07. The predicted octanol–water partition coefficient (Wildman–Crippen LogP) is 2.68. The lowest BCUT2D eigenvalue weighted by Crippen LogP contribution is -2.38. The van der Waals surface area contributed by atoms with Crippen LogP contribution in [0.15, 0.2) is 55.4 Å². The molecule has 0 N–H and O–H groups in total. The molecule has 1 amide bonds. The minimum atomic E-state index is 0.0156. The van der Waals surface area contributed by atoms with Crippen molar-refractivity contribution < 1.29 is 4.79 Å². The highest BCUT2D eigenvalue weighted by Gasteiger charge is 2.24. The van der Waals surface area contributed by atoms with Crippen molar-refractivity contribution in [1.29, 1.82) is 0 Å². The summed E-state index contributed by atoms with van der Waals surface area (Å²) in [6.45, 7) is 2.51. The summed E-state index contributed by atoms with van der Waals surface area (Å²) in [4.78, 5) is 27.3. The van der Waals surface area contributed by atoms with E-state index in [1.807, 2.05) is 40.2 Å². The third-order valence-electron chi connectivity index (χ3n) is 5.06. The van der Waals surface area contributed by atoms with Gasteiger partial charge in [-0.25, -0.2) is 9.97 Å². The SMILES string of the molecule is O=C(c1cnc(-c2ccncc2)nc1)N1CCC(CCn2cccn2)CC1. The molecule has 3 aromatic rings. The van der Waals surface area contributed by atoms with Crippen molar-refractivity contribution in [3.8, 4) is 11.4 Å². The van der Waals surface area contributed by atoms with Crippen molar-refractivity contribution in [3.63, 3.8) is 0 Å². The van der Waals surface area contributed by atoms with Gasteiger partial charge in [-0.05, 0) is 43.4 Å². The Morgan fingerprint density at radius 3 is 2.48 bits per heavy atom. The highest BCUT2D eigenvalue weighted by molar-refractivity contribution is 5.93. The average Bonchev–Trinajstić information content (AvgIpc) is 3.27. The number of pyridine rings is 1. The van der Waals surface area contributed by atoms with Gasteiger partial charge in [0.25, 0.3) is 5.91 Å². The van der Waals surface area contributed by atoms with Gasteiger partial charge in [0.15, 0.2) is 5.82 Å². The molecule has 0 unspecified atom stereocenters. The van der Waals surface area contributed by atoms with E-state index in [1.165, 1.54) is 0 Å². The van der Waals surface area contributed by atoms with E-state index >= 15 is 0 Å². The molecule has 0 bridgehead atoms. The van der Waals surface area contributed by atoms with Gasteiger partial charge in [-0.2, -0.15) is 5.10 Å². The summed E-state index contributed by atoms with van der Waals surface area (Å²) in [6, 6.07) is 5.65. The first kappa shape index (κ1) is 17.3. The average molecular weight is 362 g/mol. The van der Waals surface area contributed by atoms with Gasteiger partial charge in [0.05, 0.1) is 5.56 Å². The minimum absolute atomic E-state index is 0.0156. The van der Waals surface area contributed by atoms with Crippen molar-refractivity contribution in [2.45, 2.75) is 25.8 Å². The summed E-state index contributed by atoms with van der Waals surface area (Å²) in [5, 5.41) is 4.25.